The molecule has 1 aliphatic heterocycles. The molecule has 1 heterocycles. The summed E-state index contributed by atoms with van der Waals surface area (Å²) in [6.45, 7) is 17.9. The van der Waals surface area contributed by atoms with Crippen molar-refractivity contribution in [3.05, 3.63) is 0 Å². The lowest BCUT2D eigenvalue weighted by Gasteiger charge is -2.37. The second kappa shape index (κ2) is 5.34. The molecule has 0 aliphatic carbocycles. The molecule has 19 heavy (non-hydrogen) atoms. The summed E-state index contributed by atoms with van der Waals surface area (Å²) >= 11 is 0. The van der Waals surface area contributed by atoms with Crippen molar-refractivity contribution in [1.82, 2.24) is 5.43 Å². The zero-order chi connectivity index (χ0) is 15.1. The van der Waals surface area contributed by atoms with Gasteiger partial charge in [-0.2, -0.15) is 0 Å². The molecule has 0 aromatic carbocycles. The van der Waals surface area contributed by atoms with Crippen molar-refractivity contribution in [2.75, 3.05) is 0 Å². The molecule has 1 saturated heterocycles. The first-order valence-corrected chi connectivity index (χ1v) is 7.55. The molecule has 114 valence electrons. The summed E-state index contributed by atoms with van der Waals surface area (Å²) in [5.41, 5.74) is 3.21. The predicted octanol–water partition coefficient (Wildman–Crippen LogP) is 3.48. The normalized spacial score (nSPS) is 29.2. The third-order valence-electron chi connectivity index (χ3n) is 4.93. The van der Waals surface area contributed by atoms with Gasteiger partial charge in [0.1, 0.15) is 0 Å². The van der Waals surface area contributed by atoms with Crippen LogP contribution in [0.15, 0.2) is 0 Å². The average molecular weight is 270 g/mol. The number of hydrogen-bond donors (Lipinski definition) is 2. The Morgan fingerprint density at radius 3 is 2.11 bits per heavy atom. The summed E-state index contributed by atoms with van der Waals surface area (Å²) in [7, 11) is 0. The van der Waals surface area contributed by atoms with Gasteiger partial charge in [-0.15, -0.1) is 0 Å². The monoisotopic (exact) mass is 270 g/mol. The molecule has 0 amide bonds. The molecule has 0 aromatic rings. The average Bonchev–Trinajstić information content (AvgIpc) is 2.41. The van der Waals surface area contributed by atoms with Gasteiger partial charge in [-0.05, 0) is 51.9 Å². The fourth-order valence-electron chi connectivity index (χ4n) is 3.31. The van der Waals surface area contributed by atoms with Crippen LogP contribution >= 0.6 is 0 Å². The Morgan fingerprint density at radius 2 is 1.79 bits per heavy atom. The third-order valence-corrected chi connectivity index (χ3v) is 4.93. The molecule has 3 unspecified atom stereocenters. The minimum atomic E-state index is -0.113. The number of hydrogen-bond acceptors (Lipinski definition) is 3. The molecule has 0 radical (unpaired) electrons. The highest BCUT2D eigenvalue weighted by molar-refractivity contribution is 4.99. The van der Waals surface area contributed by atoms with Crippen LogP contribution in [0.5, 0.6) is 0 Å². The minimum Gasteiger partial charge on any atom is -0.369 e. The molecule has 3 heteroatoms. The lowest BCUT2D eigenvalue weighted by molar-refractivity contribution is -0.0787. The number of nitrogens with two attached hydrogens (primary N) is 1. The molecular weight excluding hydrogens is 236 g/mol. The van der Waals surface area contributed by atoms with Crippen LogP contribution in [0.1, 0.15) is 68.2 Å². The quantitative estimate of drug-likeness (QED) is 0.607. The van der Waals surface area contributed by atoms with Crippen molar-refractivity contribution in [1.29, 1.82) is 0 Å². The largest absolute Gasteiger partial charge is 0.369 e. The van der Waals surface area contributed by atoms with E-state index in [1.54, 1.807) is 0 Å². The van der Waals surface area contributed by atoms with E-state index in [9.17, 15) is 0 Å². The highest BCUT2D eigenvalue weighted by Gasteiger charge is 2.49. The Bertz CT molecular complexity index is 304. The molecule has 0 spiro atoms. The predicted molar refractivity (Wildman–Crippen MR) is 81.7 cm³/mol. The first kappa shape index (κ1) is 16.9. The zero-order valence-electron chi connectivity index (χ0n) is 14.1. The highest BCUT2D eigenvalue weighted by atomic mass is 16.5. The van der Waals surface area contributed by atoms with Crippen LogP contribution in [0.4, 0.5) is 0 Å². The number of rotatable bonds is 4. The van der Waals surface area contributed by atoms with Gasteiger partial charge in [-0.25, -0.2) is 0 Å². The van der Waals surface area contributed by atoms with Crippen LogP contribution in [-0.2, 0) is 4.74 Å². The van der Waals surface area contributed by atoms with Gasteiger partial charge in [0.15, 0.2) is 0 Å². The van der Waals surface area contributed by atoms with E-state index in [0.29, 0.717) is 23.3 Å². The van der Waals surface area contributed by atoms with Crippen molar-refractivity contribution in [3.63, 3.8) is 0 Å². The Morgan fingerprint density at radius 1 is 1.26 bits per heavy atom. The van der Waals surface area contributed by atoms with E-state index in [1.165, 1.54) is 0 Å². The second-order valence-corrected chi connectivity index (χ2v) is 8.55. The van der Waals surface area contributed by atoms with E-state index in [0.717, 1.165) is 12.8 Å². The molecular formula is C16H34N2O. The van der Waals surface area contributed by atoms with Crippen molar-refractivity contribution >= 4 is 0 Å². The van der Waals surface area contributed by atoms with Crippen LogP contribution < -0.4 is 11.3 Å². The Hall–Kier alpha value is -0.120. The van der Waals surface area contributed by atoms with E-state index in [4.69, 9.17) is 10.6 Å². The molecule has 3 atom stereocenters. The maximum atomic E-state index is 6.20. The van der Waals surface area contributed by atoms with Gasteiger partial charge in [-0.3, -0.25) is 11.3 Å². The van der Waals surface area contributed by atoms with E-state index < -0.39 is 0 Å². The van der Waals surface area contributed by atoms with Gasteiger partial charge in [0.05, 0.1) is 11.2 Å². The van der Waals surface area contributed by atoms with Gasteiger partial charge >= 0.3 is 0 Å². The van der Waals surface area contributed by atoms with Crippen LogP contribution in [-0.4, -0.2) is 17.2 Å². The first-order valence-electron chi connectivity index (χ1n) is 7.55. The molecule has 0 bridgehead atoms. The Balaban J connectivity index is 2.81. The maximum absolute atomic E-state index is 6.20. The summed E-state index contributed by atoms with van der Waals surface area (Å²) < 4.78 is 6.20. The topological polar surface area (TPSA) is 47.3 Å². The molecule has 0 saturated carbocycles. The minimum absolute atomic E-state index is 0.0474. The van der Waals surface area contributed by atoms with Gasteiger partial charge in [-0.1, -0.05) is 27.7 Å². The summed E-state index contributed by atoms with van der Waals surface area (Å²) in [6.07, 6.45) is 2.15. The maximum Gasteiger partial charge on any atom is 0.0678 e. The summed E-state index contributed by atoms with van der Waals surface area (Å²) in [5.74, 6) is 6.92. The van der Waals surface area contributed by atoms with Crippen molar-refractivity contribution < 1.29 is 4.74 Å². The van der Waals surface area contributed by atoms with Gasteiger partial charge < -0.3 is 4.74 Å². The van der Waals surface area contributed by atoms with E-state index in [2.05, 4.69) is 60.8 Å². The molecule has 3 nitrogen and oxygen atoms in total. The SMILES string of the molecule is CC(CC(NN)C1CC(C)(C)OC1(C)C)C(C)(C)C. The van der Waals surface area contributed by atoms with Crippen molar-refractivity contribution in [3.8, 4) is 0 Å². The standard InChI is InChI=1S/C16H34N2O/c1-11(14(2,3)4)9-13(18-17)12-10-15(5,6)19-16(12,7)8/h11-13,18H,9-10,17H2,1-8H3. The van der Waals surface area contributed by atoms with Crippen LogP contribution in [0.25, 0.3) is 0 Å². The Kier molecular flexibility index (Phi) is 4.76. The second-order valence-electron chi connectivity index (χ2n) is 8.55. The van der Waals surface area contributed by atoms with Crippen molar-refractivity contribution in [2.45, 2.75) is 85.5 Å². The molecule has 1 aliphatic rings. The van der Waals surface area contributed by atoms with Gasteiger partial charge in [0.2, 0.25) is 0 Å². The summed E-state index contributed by atoms with van der Waals surface area (Å²) in [6, 6.07) is 0.311. The lowest BCUT2D eigenvalue weighted by Crippen LogP contribution is -2.48. The molecule has 3 N–H and O–H groups in total. The molecule has 0 aromatic heterocycles. The number of nitrogens with one attached hydrogen (secondary N) is 1. The zero-order valence-corrected chi connectivity index (χ0v) is 14.1. The number of hydrazine groups is 1. The first-order chi connectivity index (χ1) is 8.39. The van der Waals surface area contributed by atoms with Crippen molar-refractivity contribution in [2.24, 2.45) is 23.1 Å². The smallest absolute Gasteiger partial charge is 0.0678 e. The fraction of sp³-hybridized carbons (Fsp3) is 1.00. The van der Waals surface area contributed by atoms with E-state index in [-0.39, 0.29) is 11.2 Å². The highest BCUT2D eigenvalue weighted by Crippen LogP contribution is 2.45. The third kappa shape index (κ3) is 4.17. The van der Waals surface area contributed by atoms with E-state index in [1.807, 2.05) is 0 Å². The number of ether oxygens (including phenoxy) is 1. The van der Waals surface area contributed by atoms with Crippen LogP contribution in [0.3, 0.4) is 0 Å². The fourth-order valence-corrected chi connectivity index (χ4v) is 3.31. The van der Waals surface area contributed by atoms with Crippen LogP contribution in [0.2, 0.25) is 0 Å². The van der Waals surface area contributed by atoms with Gasteiger partial charge in [0, 0.05) is 12.0 Å². The lowest BCUT2D eigenvalue weighted by atomic mass is 9.73. The van der Waals surface area contributed by atoms with E-state index >= 15 is 0 Å². The molecule has 1 fully saturated rings. The van der Waals surface area contributed by atoms with Gasteiger partial charge in [0.25, 0.3) is 0 Å². The summed E-state index contributed by atoms with van der Waals surface area (Å²) in [5, 5.41) is 0. The van der Waals surface area contributed by atoms with Crippen LogP contribution in [0, 0.1) is 17.3 Å². The Labute approximate surface area is 119 Å². The summed E-state index contributed by atoms with van der Waals surface area (Å²) in [4.78, 5) is 0. The molecule has 1 rings (SSSR count).